The van der Waals surface area contributed by atoms with Gasteiger partial charge in [0.1, 0.15) is 0 Å². The number of terminal acetylenes is 1. The second-order valence-electron chi connectivity index (χ2n) is 6.77. The van der Waals surface area contributed by atoms with Crippen LogP contribution in [0.15, 0.2) is 34.8 Å². The average Bonchev–Trinajstić information content (AvgIpc) is 3.45. The Morgan fingerprint density at radius 1 is 1.32 bits per heavy atom. The summed E-state index contributed by atoms with van der Waals surface area (Å²) in [4.78, 5) is 21.0. The molecule has 6 nitrogen and oxygen atoms in total. The van der Waals surface area contributed by atoms with Crippen molar-refractivity contribution >= 4 is 5.91 Å². The van der Waals surface area contributed by atoms with Crippen LogP contribution in [0.1, 0.15) is 44.2 Å². The smallest absolute Gasteiger partial charge is 0.222 e. The molecule has 0 saturated carbocycles. The molecule has 0 aromatic carbocycles. The summed E-state index contributed by atoms with van der Waals surface area (Å²) in [6.45, 7) is 5.52. The van der Waals surface area contributed by atoms with E-state index in [1.54, 1.807) is 6.20 Å². The fourth-order valence-electron chi connectivity index (χ4n) is 3.33. The van der Waals surface area contributed by atoms with Gasteiger partial charge in [0.05, 0.1) is 0 Å². The van der Waals surface area contributed by atoms with E-state index in [0.29, 0.717) is 25.3 Å². The molecule has 3 rings (SSSR count). The normalized spacial score (nSPS) is 20.1. The van der Waals surface area contributed by atoms with Crippen LogP contribution in [0.4, 0.5) is 0 Å². The zero-order valence-electron chi connectivity index (χ0n) is 14.8. The molecular formula is C19H25N5O. The van der Waals surface area contributed by atoms with Gasteiger partial charge in [-0.25, -0.2) is 0 Å². The minimum atomic E-state index is -0.362. The highest BCUT2D eigenvalue weighted by Crippen LogP contribution is 2.37. The van der Waals surface area contributed by atoms with E-state index in [2.05, 4.69) is 39.0 Å². The zero-order valence-corrected chi connectivity index (χ0v) is 14.8. The van der Waals surface area contributed by atoms with Crippen LogP contribution in [-0.4, -0.2) is 52.5 Å². The highest BCUT2D eigenvalue weighted by Gasteiger charge is 2.39. The number of carbonyl (C=O) groups is 1. The molecule has 0 bridgehead atoms. The predicted octanol–water partition coefficient (Wildman–Crippen LogP) is 2.64. The third-order valence-corrected chi connectivity index (χ3v) is 5.17. The number of hydrogen-bond donors (Lipinski definition) is 0. The number of amides is 1. The predicted molar refractivity (Wildman–Crippen MR) is 95.7 cm³/mol. The van der Waals surface area contributed by atoms with Crippen LogP contribution in [0, 0.1) is 12.3 Å². The fourth-order valence-corrected chi connectivity index (χ4v) is 3.33. The summed E-state index contributed by atoms with van der Waals surface area (Å²) in [5, 5.41) is 8.20. The van der Waals surface area contributed by atoms with Crippen molar-refractivity contribution in [2.45, 2.75) is 44.3 Å². The molecule has 0 spiro atoms. The number of piperazine rings is 1. The van der Waals surface area contributed by atoms with Gasteiger partial charge in [-0.1, -0.05) is 6.07 Å². The van der Waals surface area contributed by atoms with Crippen LogP contribution in [-0.2, 0) is 4.79 Å². The van der Waals surface area contributed by atoms with Crippen molar-refractivity contribution in [2.75, 3.05) is 26.2 Å². The largest absolute Gasteiger partial charge is 0.340 e. The quantitative estimate of drug-likeness (QED) is 0.718. The number of rotatable bonds is 7. The molecule has 1 amide bonds. The fraction of sp³-hybridized carbons (Fsp3) is 0.579. The van der Waals surface area contributed by atoms with E-state index in [1.165, 1.54) is 5.56 Å². The molecule has 1 aromatic heterocycles. The molecule has 1 fully saturated rings. The Bertz CT molecular complexity index is 652. The molecule has 0 N–H and O–H groups in total. The standard InChI is InChI=1S/C19H25N5O/c1-3-4-8-19(21-22-19)9-7-18(25)24-13-11-23(12-14-24)16(2)17-6-5-10-20-15-17/h1,5-6,10,15-16H,4,7-9,11-14H2,2H3. The van der Waals surface area contributed by atoms with Crippen molar-refractivity contribution in [1.82, 2.24) is 14.8 Å². The lowest BCUT2D eigenvalue weighted by Gasteiger charge is -2.38. The van der Waals surface area contributed by atoms with Crippen molar-refractivity contribution in [3.05, 3.63) is 30.1 Å². The van der Waals surface area contributed by atoms with Gasteiger partial charge in [0, 0.05) is 70.3 Å². The van der Waals surface area contributed by atoms with Gasteiger partial charge in [-0.3, -0.25) is 14.7 Å². The summed E-state index contributed by atoms with van der Waals surface area (Å²) in [7, 11) is 0. The lowest BCUT2D eigenvalue weighted by molar-refractivity contribution is -0.133. The molecule has 1 saturated heterocycles. The maximum absolute atomic E-state index is 12.5. The van der Waals surface area contributed by atoms with Crippen molar-refractivity contribution in [2.24, 2.45) is 10.2 Å². The van der Waals surface area contributed by atoms with E-state index < -0.39 is 0 Å². The van der Waals surface area contributed by atoms with Gasteiger partial charge in [-0.2, -0.15) is 10.2 Å². The average molecular weight is 339 g/mol. The first-order valence-electron chi connectivity index (χ1n) is 8.93. The summed E-state index contributed by atoms with van der Waals surface area (Å²) in [5.41, 5.74) is 0.855. The van der Waals surface area contributed by atoms with Crippen molar-refractivity contribution < 1.29 is 4.79 Å². The number of nitrogens with zero attached hydrogens (tertiary/aromatic N) is 5. The Morgan fingerprint density at radius 2 is 2.08 bits per heavy atom. The van der Waals surface area contributed by atoms with Crippen LogP contribution in [0.5, 0.6) is 0 Å². The van der Waals surface area contributed by atoms with Gasteiger partial charge in [0.2, 0.25) is 5.91 Å². The molecule has 2 aliphatic rings. The monoisotopic (exact) mass is 339 g/mol. The molecule has 25 heavy (non-hydrogen) atoms. The second kappa shape index (κ2) is 7.75. The van der Waals surface area contributed by atoms with Crippen LogP contribution in [0.3, 0.4) is 0 Å². The first kappa shape index (κ1) is 17.6. The van der Waals surface area contributed by atoms with Crippen LogP contribution in [0.25, 0.3) is 0 Å². The van der Waals surface area contributed by atoms with Gasteiger partial charge < -0.3 is 4.90 Å². The molecule has 1 atom stereocenters. The molecule has 1 unspecified atom stereocenters. The van der Waals surface area contributed by atoms with Gasteiger partial charge in [-0.15, -0.1) is 12.3 Å². The summed E-state index contributed by atoms with van der Waals surface area (Å²) < 4.78 is 0. The SMILES string of the molecule is C#CCCC1(CCC(=O)N2CCN(C(C)c3cccnc3)CC2)N=N1. The molecule has 0 aliphatic carbocycles. The lowest BCUT2D eigenvalue weighted by atomic mass is 10.0. The zero-order chi connectivity index (χ0) is 17.7. The van der Waals surface area contributed by atoms with Gasteiger partial charge in [0.15, 0.2) is 5.66 Å². The minimum Gasteiger partial charge on any atom is -0.340 e. The van der Waals surface area contributed by atoms with Gasteiger partial charge in [-0.05, 0) is 18.6 Å². The highest BCUT2D eigenvalue weighted by atomic mass is 16.2. The lowest BCUT2D eigenvalue weighted by Crippen LogP contribution is -2.49. The third kappa shape index (κ3) is 4.43. The Hall–Kier alpha value is -2.26. The molecule has 0 radical (unpaired) electrons. The van der Waals surface area contributed by atoms with E-state index in [0.717, 1.165) is 32.6 Å². The van der Waals surface area contributed by atoms with Gasteiger partial charge in [0.25, 0.3) is 0 Å². The summed E-state index contributed by atoms with van der Waals surface area (Å²) in [6, 6.07) is 4.39. The van der Waals surface area contributed by atoms with E-state index in [4.69, 9.17) is 6.42 Å². The van der Waals surface area contributed by atoms with E-state index in [9.17, 15) is 4.79 Å². The maximum atomic E-state index is 12.5. The highest BCUT2D eigenvalue weighted by molar-refractivity contribution is 5.76. The van der Waals surface area contributed by atoms with E-state index >= 15 is 0 Å². The topological polar surface area (TPSA) is 61.2 Å². The minimum absolute atomic E-state index is 0.200. The number of pyridine rings is 1. The summed E-state index contributed by atoms with van der Waals surface area (Å²) in [6.07, 6.45) is 11.6. The molecular weight excluding hydrogens is 314 g/mol. The first-order valence-corrected chi connectivity index (χ1v) is 8.93. The van der Waals surface area contributed by atoms with E-state index in [-0.39, 0.29) is 11.6 Å². The summed E-state index contributed by atoms with van der Waals surface area (Å²) >= 11 is 0. The van der Waals surface area contributed by atoms with Crippen LogP contribution < -0.4 is 0 Å². The first-order chi connectivity index (χ1) is 12.1. The van der Waals surface area contributed by atoms with Gasteiger partial charge >= 0.3 is 0 Å². The Balaban J connectivity index is 1.43. The molecule has 132 valence electrons. The van der Waals surface area contributed by atoms with Crippen molar-refractivity contribution in [1.29, 1.82) is 0 Å². The molecule has 1 aromatic rings. The third-order valence-electron chi connectivity index (χ3n) is 5.17. The van der Waals surface area contributed by atoms with Crippen molar-refractivity contribution in [3.63, 3.8) is 0 Å². The number of carbonyl (C=O) groups excluding carboxylic acids is 1. The number of hydrogen-bond acceptors (Lipinski definition) is 5. The number of aromatic nitrogens is 1. The second-order valence-corrected chi connectivity index (χ2v) is 6.77. The molecule has 6 heteroatoms. The van der Waals surface area contributed by atoms with E-state index in [1.807, 2.05) is 17.2 Å². The van der Waals surface area contributed by atoms with Crippen LogP contribution >= 0.6 is 0 Å². The van der Waals surface area contributed by atoms with Crippen LogP contribution in [0.2, 0.25) is 0 Å². The van der Waals surface area contributed by atoms with Crippen molar-refractivity contribution in [3.8, 4) is 12.3 Å². The Labute approximate surface area is 149 Å². The maximum Gasteiger partial charge on any atom is 0.222 e. The molecule has 3 heterocycles. The Morgan fingerprint density at radius 3 is 2.68 bits per heavy atom. The summed E-state index contributed by atoms with van der Waals surface area (Å²) in [5.74, 6) is 2.82. The molecule has 2 aliphatic heterocycles. The Kier molecular flexibility index (Phi) is 5.44.